The van der Waals surface area contributed by atoms with Gasteiger partial charge in [0.15, 0.2) is 0 Å². The van der Waals surface area contributed by atoms with Crippen LogP contribution in [0.5, 0.6) is 0 Å². The van der Waals surface area contributed by atoms with Crippen molar-refractivity contribution in [1.29, 1.82) is 0 Å². The number of rotatable bonds is 13. The molecule has 6 atom stereocenters. The van der Waals surface area contributed by atoms with Gasteiger partial charge in [-0.15, -0.1) is 0 Å². The summed E-state index contributed by atoms with van der Waals surface area (Å²) in [7, 11) is -3.71. The molecule has 228 valence electrons. The van der Waals surface area contributed by atoms with Gasteiger partial charge in [-0.1, -0.05) is 61.8 Å². The van der Waals surface area contributed by atoms with Crippen molar-refractivity contribution >= 4 is 39.5 Å². The normalized spacial score (nSPS) is 24.1. The first-order valence-corrected chi connectivity index (χ1v) is 15.7. The lowest BCUT2D eigenvalue weighted by molar-refractivity contribution is -0.151. The zero-order chi connectivity index (χ0) is 31.0. The molecule has 2 aliphatic rings. The van der Waals surface area contributed by atoms with Gasteiger partial charge in [-0.2, -0.15) is 0 Å². The minimum atomic E-state index is -3.71. The van der Waals surface area contributed by atoms with E-state index in [2.05, 4.69) is 15.4 Å². The van der Waals surface area contributed by atoms with Gasteiger partial charge in [-0.25, -0.2) is 17.9 Å². The first kappa shape index (κ1) is 33.7. The number of aliphatic carboxylic acids is 1. The molecule has 0 radical (unpaired) electrons. The van der Waals surface area contributed by atoms with Crippen LogP contribution < -0.4 is 15.4 Å². The summed E-state index contributed by atoms with van der Waals surface area (Å²) in [5.41, 5.74) is -1.04. The Morgan fingerprint density at radius 3 is 2.08 bits per heavy atom. The molecule has 0 bridgehead atoms. The van der Waals surface area contributed by atoms with Gasteiger partial charge in [0.05, 0.1) is 12.3 Å². The lowest BCUT2D eigenvalue weighted by Crippen LogP contribution is -2.62. The number of amides is 3. The molecule has 2 rings (SSSR count). The fourth-order valence-corrected chi connectivity index (χ4v) is 6.49. The Balaban J connectivity index is 2.37. The second-order valence-electron chi connectivity index (χ2n) is 13.3. The molecule has 1 heterocycles. The number of ketones is 1. The first-order valence-electron chi connectivity index (χ1n) is 13.8. The highest BCUT2D eigenvalue weighted by Crippen LogP contribution is 2.65. The van der Waals surface area contributed by atoms with Crippen LogP contribution in [-0.4, -0.2) is 84.9 Å². The van der Waals surface area contributed by atoms with Crippen molar-refractivity contribution in [3.63, 3.8) is 0 Å². The second-order valence-corrected chi connectivity index (χ2v) is 15.1. The minimum absolute atomic E-state index is 0.0145. The Kier molecular flexibility index (Phi) is 10.2. The van der Waals surface area contributed by atoms with Crippen molar-refractivity contribution < 1.29 is 37.5 Å². The molecule has 12 nitrogen and oxygen atoms in total. The maximum absolute atomic E-state index is 14.0. The summed E-state index contributed by atoms with van der Waals surface area (Å²) in [6.45, 7) is 15.0. The number of sulfonamides is 1. The Hall–Kier alpha value is -2.54. The Bertz CT molecular complexity index is 1130. The van der Waals surface area contributed by atoms with Crippen molar-refractivity contribution in [2.24, 2.45) is 28.6 Å². The number of carbonyl (C=O) groups excluding carboxylic acids is 4. The number of carboxylic acids is 1. The van der Waals surface area contributed by atoms with Gasteiger partial charge < -0.3 is 20.6 Å². The Morgan fingerprint density at radius 1 is 1.05 bits per heavy atom. The van der Waals surface area contributed by atoms with E-state index in [-0.39, 0.29) is 42.6 Å². The number of likely N-dealkylation sites (tertiary alicyclic amines) is 1. The van der Waals surface area contributed by atoms with E-state index in [4.69, 9.17) is 0 Å². The molecule has 40 heavy (non-hydrogen) atoms. The molecule has 13 heteroatoms. The topological polar surface area (TPSA) is 179 Å². The van der Waals surface area contributed by atoms with Gasteiger partial charge in [-0.05, 0) is 41.4 Å². The van der Waals surface area contributed by atoms with E-state index < -0.39 is 69.1 Å². The first-order chi connectivity index (χ1) is 18.1. The lowest BCUT2D eigenvalue weighted by Gasteiger charge is -2.38. The number of carbonyl (C=O) groups is 5. The molecule has 0 aromatic carbocycles. The van der Waals surface area contributed by atoms with Crippen LogP contribution in [0.2, 0.25) is 0 Å². The van der Waals surface area contributed by atoms with E-state index in [9.17, 15) is 37.5 Å². The summed E-state index contributed by atoms with van der Waals surface area (Å²) in [5.74, 6) is -4.70. The highest BCUT2D eigenvalue weighted by molar-refractivity contribution is 7.88. The van der Waals surface area contributed by atoms with Crippen LogP contribution in [0.1, 0.15) is 74.7 Å². The van der Waals surface area contributed by atoms with Crippen molar-refractivity contribution in [2.75, 3.05) is 12.8 Å². The third kappa shape index (κ3) is 7.80. The average Bonchev–Trinajstić information content (AvgIpc) is 3.13. The molecule has 6 unspecified atom stereocenters. The molecule has 1 aliphatic carbocycles. The molecule has 0 aromatic heterocycles. The zero-order valence-corrected chi connectivity index (χ0v) is 25.8. The minimum Gasteiger partial charge on any atom is -0.475 e. The third-order valence-corrected chi connectivity index (χ3v) is 8.67. The van der Waals surface area contributed by atoms with E-state index in [0.29, 0.717) is 6.42 Å². The number of fused-ring (bicyclic) bond motifs is 1. The van der Waals surface area contributed by atoms with Crippen LogP contribution >= 0.6 is 0 Å². The van der Waals surface area contributed by atoms with E-state index in [1.807, 2.05) is 27.7 Å². The number of piperidine rings is 1. The molecule has 2 fully saturated rings. The van der Waals surface area contributed by atoms with Crippen LogP contribution in [0.4, 0.5) is 0 Å². The number of carboxylic acid groups (broad SMARTS) is 1. The molecular formula is C27H46N4O8S. The van der Waals surface area contributed by atoms with E-state index in [0.717, 1.165) is 6.26 Å². The van der Waals surface area contributed by atoms with Crippen LogP contribution in [-0.2, 0) is 34.0 Å². The smallest absolute Gasteiger partial charge is 0.374 e. The van der Waals surface area contributed by atoms with Gasteiger partial charge in [0.2, 0.25) is 27.7 Å². The summed E-state index contributed by atoms with van der Waals surface area (Å²) in [4.78, 5) is 65.9. The standard InChI is InChI=1S/C27H46N4O8S/c1-10-11-16(20(32)25(36)37)28-23(34)19-18-15(27(18,7)8)13-31(19)24(35)21(26(4,5)6)29-22(33)17(12-14(2)3)30-40(9,38)39/h14-19,21,30H,10-13H2,1-9H3,(H,28,34)(H,29,33)(H,36,37). The number of nitrogens with zero attached hydrogens (tertiary/aromatic N) is 1. The summed E-state index contributed by atoms with van der Waals surface area (Å²) in [6.07, 6.45) is 1.78. The number of hydrogen-bond donors (Lipinski definition) is 4. The van der Waals surface area contributed by atoms with Crippen molar-refractivity contribution in [2.45, 2.75) is 98.8 Å². The third-order valence-electron chi connectivity index (χ3n) is 7.96. The largest absolute Gasteiger partial charge is 0.475 e. The summed E-state index contributed by atoms with van der Waals surface area (Å²) in [6, 6.07) is -4.34. The molecule has 0 aromatic rings. The number of Topliss-reactive ketones (excluding diaryl/α,β-unsaturated/α-hetero) is 1. The second kappa shape index (κ2) is 12.1. The van der Waals surface area contributed by atoms with E-state index in [1.54, 1.807) is 27.7 Å². The van der Waals surface area contributed by atoms with Crippen LogP contribution in [0.25, 0.3) is 0 Å². The fourth-order valence-electron chi connectivity index (χ4n) is 5.77. The van der Waals surface area contributed by atoms with Crippen LogP contribution in [0.3, 0.4) is 0 Å². The van der Waals surface area contributed by atoms with Crippen LogP contribution in [0.15, 0.2) is 0 Å². The van der Waals surface area contributed by atoms with Gasteiger partial charge in [0, 0.05) is 6.54 Å². The van der Waals surface area contributed by atoms with Gasteiger partial charge in [0.1, 0.15) is 18.1 Å². The molecule has 4 N–H and O–H groups in total. The summed E-state index contributed by atoms with van der Waals surface area (Å²) < 4.78 is 26.2. The predicted molar refractivity (Wildman–Crippen MR) is 148 cm³/mol. The van der Waals surface area contributed by atoms with E-state index in [1.165, 1.54) is 4.90 Å². The van der Waals surface area contributed by atoms with Gasteiger partial charge in [0.25, 0.3) is 5.78 Å². The Labute approximate surface area is 237 Å². The molecule has 1 saturated carbocycles. The average molecular weight is 587 g/mol. The maximum Gasteiger partial charge on any atom is 0.374 e. The lowest BCUT2D eigenvalue weighted by atomic mass is 9.84. The van der Waals surface area contributed by atoms with Crippen molar-refractivity contribution in [1.82, 2.24) is 20.3 Å². The number of hydrogen-bond acceptors (Lipinski definition) is 7. The molecule has 1 aliphatic heterocycles. The highest BCUT2D eigenvalue weighted by Gasteiger charge is 2.70. The predicted octanol–water partition coefficient (Wildman–Crippen LogP) is 0.903. The van der Waals surface area contributed by atoms with E-state index >= 15 is 0 Å². The zero-order valence-electron chi connectivity index (χ0n) is 25.0. The van der Waals surface area contributed by atoms with Gasteiger partial charge >= 0.3 is 5.97 Å². The summed E-state index contributed by atoms with van der Waals surface area (Å²) in [5, 5.41) is 14.5. The SMILES string of the molecule is CCCC(NC(=O)C1C2C(CN1C(=O)C(NC(=O)C(CC(C)C)NS(C)(=O)=O)C(C)(C)C)C2(C)C)C(=O)C(=O)O. The highest BCUT2D eigenvalue weighted by atomic mass is 32.2. The fraction of sp³-hybridized carbons (Fsp3) is 0.815. The van der Waals surface area contributed by atoms with Crippen molar-refractivity contribution in [3.8, 4) is 0 Å². The van der Waals surface area contributed by atoms with Crippen molar-refractivity contribution in [3.05, 3.63) is 0 Å². The van der Waals surface area contributed by atoms with Gasteiger partial charge in [-0.3, -0.25) is 19.2 Å². The quantitative estimate of drug-likeness (QED) is 0.230. The molecule has 0 spiro atoms. The molecular weight excluding hydrogens is 540 g/mol. The molecule has 3 amide bonds. The van der Waals surface area contributed by atoms with Crippen LogP contribution in [0, 0.1) is 28.6 Å². The summed E-state index contributed by atoms with van der Waals surface area (Å²) >= 11 is 0. The maximum atomic E-state index is 14.0. The Morgan fingerprint density at radius 2 is 1.62 bits per heavy atom. The molecule has 1 saturated heterocycles. The monoisotopic (exact) mass is 586 g/mol. The number of nitrogens with one attached hydrogen (secondary N) is 3.